The maximum Gasteiger partial charge on any atom is 0.296 e. The average molecular weight is 507 g/mol. The number of halogens is 1. The number of methoxy groups -OCH3 is 1. The van der Waals surface area contributed by atoms with Crippen molar-refractivity contribution in [3.05, 3.63) is 94.3 Å². The molecule has 1 aromatic heterocycles. The van der Waals surface area contributed by atoms with Crippen molar-refractivity contribution in [2.75, 3.05) is 13.7 Å². The molecule has 0 saturated carbocycles. The normalized spacial score (nSPS) is 17.0. The van der Waals surface area contributed by atoms with Gasteiger partial charge in [-0.25, -0.2) is 0 Å². The van der Waals surface area contributed by atoms with Crippen molar-refractivity contribution < 1.29 is 24.2 Å². The third-order valence-electron chi connectivity index (χ3n) is 5.78. The highest BCUT2D eigenvalue weighted by Gasteiger charge is 2.46. The minimum atomic E-state index is -0.878. The number of aromatic nitrogens is 1. The van der Waals surface area contributed by atoms with E-state index < -0.39 is 17.7 Å². The van der Waals surface area contributed by atoms with Crippen molar-refractivity contribution in [3.8, 4) is 11.5 Å². The molecule has 0 bridgehead atoms. The monoisotopic (exact) mass is 506 g/mol. The molecule has 2 aromatic carbocycles. The number of nitrogens with zero attached hydrogens (tertiary/aromatic N) is 2. The molecule has 36 heavy (non-hydrogen) atoms. The molecule has 1 fully saturated rings. The number of likely N-dealkylation sites (tertiary alicyclic amines) is 1. The molecule has 1 aliphatic rings. The van der Waals surface area contributed by atoms with Gasteiger partial charge in [0.1, 0.15) is 17.3 Å². The van der Waals surface area contributed by atoms with Crippen LogP contribution in [0.2, 0.25) is 5.02 Å². The molecular weight excluding hydrogens is 480 g/mol. The van der Waals surface area contributed by atoms with E-state index in [1.54, 1.807) is 48.7 Å². The second kappa shape index (κ2) is 10.8. The Morgan fingerprint density at radius 2 is 1.89 bits per heavy atom. The third kappa shape index (κ3) is 5.21. The van der Waals surface area contributed by atoms with Crippen LogP contribution in [0.25, 0.3) is 5.76 Å². The molecule has 186 valence electrons. The van der Waals surface area contributed by atoms with Gasteiger partial charge in [0, 0.05) is 11.8 Å². The number of ketones is 1. The molecule has 3 aromatic rings. The average Bonchev–Trinajstić information content (AvgIpc) is 3.13. The Labute approximate surface area is 214 Å². The molecule has 2 heterocycles. The number of aliphatic hydroxyl groups is 1. The maximum atomic E-state index is 13.3. The predicted octanol–water partition coefficient (Wildman–Crippen LogP) is 5.40. The molecule has 1 unspecified atom stereocenters. The van der Waals surface area contributed by atoms with Crippen LogP contribution in [-0.2, 0) is 16.1 Å². The van der Waals surface area contributed by atoms with E-state index in [0.717, 1.165) is 0 Å². The number of carbonyl (C=O) groups excluding carboxylic acids is 2. The minimum Gasteiger partial charge on any atom is -0.507 e. The Bertz CT molecular complexity index is 1310. The Kier molecular flexibility index (Phi) is 7.60. The van der Waals surface area contributed by atoms with E-state index in [0.29, 0.717) is 35.3 Å². The van der Waals surface area contributed by atoms with Gasteiger partial charge in [-0.05, 0) is 53.9 Å². The molecule has 1 amide bonds. The number of ether oxygens (including phenoxy) is 2. The molecule has 0 spiro atoms. The summed E-state index contributed by atoms with van der Waals surface area (Å²) >= 11 is 6.38. The smallest absolute Gasteiger partial charge is 0.296 e. The van der Waals surface area contributed by atoms with Crippen LogP contribution in [0, 0.1) is 5.92 Å². The van der Waals surface area contributed by atoms with Crippen molar-refractivity contribution >= 4 is 29.1 Å². The summed E-state index contributed by atoms with van der Waals surface area (Å²) in [6, 6.07) is 16.4. The summed E-state index contributed by atoms with van der Waals surface area (Å²) in [5.74, 6) is -0.549. The molecule has 1 aliphatic heterocycles. The third-order valence-corrected chi connectivity index (χ3v) is 6.11. The zero-order chi connectivity index (χ0) is 25.8. The van der Waals surface area contributed by atoms with E-state index in [1.165, 1.54) is 18.1 Å². The van der Waals surface area contributed by atoms with Crippen LogP contribution < -0.4 is 9.47 Å². The van der Waals surface area contributed by atoms with E-state index >= 15 is 0 Å². The minimum absolute atomic E-state index is 0.0629. The summed E-state index contributed by atoms with van der Waals surface area (Å²) in [4.78, 5) is 32.3. The number of amides is 1. The van der Waals surface area contributed by atoms with E-state index in [-0.39, 0.29) is 28.5 Å². The highest BCUT2D eigenvalue weighted by atomic mass is 35.5. The van der Waals surface area contributed by atoms with E-state index in [9.17, 15) is 14.7 Å². The number of hydrogen-bond donors (Lipinski definition) is 1. The molecule has 1 saturated heterocycles. The van der Waals surface area contributed by atoms with Gasteiger partial charge in [-0.3, -0.25) is 14.6 Å². The molecule has 1 N–H and O–H groups in total. The van der Waals surface area contributed by atoms with Gasteiger partial charge < -0.3 is 19.5 Å². The summed E-state index contributed by atoms with van der Waals surface area (Å²) in [6.45, 7) is 4.68. The van der Waals surface area contributed by atoms with Gasteiger partial charge in [-0.1, -0.05) is 43.6 Å². The van der Waals surface area contributed by atoms with Crippen LogP contribution >= 0.6 is 11.6 Å². The van der Waals surface area contributed by atoms with Gasteiger partial charge in [-0.15, -0.1) is 0 Å². The van der Waals surface area contributed by atoms with Crippen LogP contribution in [0.5, 0.6) is 11.5 Å². The molecule has 4 rings (SSSR count). The lowest BCUT2D eigenvalue weighted by molar-refractivity contribution is -0.140. The number of rotatable bonds is 8. The van der Waals surface area contributed by atoms with Crippen molar-refractivity contribution in [1.82, 2.24) is 9.88 Å². The van der Waals surface area contributed by atoms with Gasteiger partial charge in [0.05, 0.1) is 42.6 Å². The van der Waals surface area contributed by atoms with Crippen LogP contribution in [0.15, 0.2) is 72.4 Å². The SMILES string of the molecule is COc1ccc(Cl)c(/C(O)=C2\C(=O)C(=O)N(Cc3ccccn3)C2c2cccc(OCC(C)C)c2)c1. The van der Waals surface area contributed by atoms with Crippen molar-refractivity contribution in [1.29, 1.82) is 0 Å². The standard InChI is InChI=1S/C28H27ClN2O5/c1-17(2)16-36-21-9-6-7-18(13-21)25-24(26(32)22-14-20(35-3)10-11-23(22)29)27(33)28(34)31(25)15-19-8-4-5-12-30-19/h4-14,17,25,32H,15-16H2,1-3H3/b26-24+. The van der Waals surface area contributed by atoms with E-state index in [1.807, 2.05) is 26.0 Å². The Balaban J connectivity index is 1.86. The number of pyridine rings is 1. The van der Waals surface area contributed by atoms with Crippen LogP contribution in [0.1, 0.15) is 36.7 Å². The fraction of sp³-hybridized carbons (Fsp3) is 0.250. The van der Waals surface area contributed by atoms with E-state index in [4.69, 9.17) is 21.1 Å². The van der Waals surface area contributed by atoms with E-state index in [2.05, 4.69) is 4.98 Å². The summed E-state index contributed by atoms with van der Waals surface area (Å²) < 4.78 is 11.2. The lowest BCUT2D eigenvalue weighted by Crippen LogP contribution is -2.29. The van der Waals surface area contributed by atoms with Gasteiger partial charge in [-0.2, -0.15) is 0 Å². The number of carbonyl (C=O) groups is 2. The zero-order valence-electron chi connectivity index (χ0n) is 20.3. The first kappa shape index (κ1) is 25.3. The van der Waals surface area contributed by atoms with Gasteiger partial charge in [0.25, 0.3) is 11.7 Å². The lowest BCUT2D eigenvalue weighted by atomic mass is 9.95. The molecule has 1 atom stereocenters. The number of benzene rings is 2. The Hall–Kier alpha value is -3.84. The van der Waals surface area contributed by atoms with Crippen LogP contribution in [0.4, 0.5) is 0 Å². The highest BCUT2D eigenvalue weighted by Crippen LogP contribution is 2.42. The predicted molar refractivity (Wildman–Crippen MR) is 137 cm³/mol. The summed E-state index contributed by atoms with van der Waals surface area (Å²) in [7, 11) is 1.49. The van der Waals surface area contributed by atoms with Gasteiger partial charge >= 0.3 is 0 Å². The molecule has 8 heteroatoms. The summed E-state index contributed by atoms with van der Waals surface area (Å²) in [6.07, 6.45) is 1.62. The van der Waals surface area contributed by atoms with Crippen molar-refractivity contribution in [2.24, 2.45) is 5.92 Å². The Morgan fingerprint density at radius 1 is 1.08 bits per heavy atom. The first-order valence-electron chi connectivity index (χ1n) is 11.5. The van der Waals surface area contributed by atoms with Crippen LogP contribution in [-0.4, -0.2) is 40.4 Å². The second-order valence-electron chi connectivity index (χ2n) is 8.87. The molecule has 0 radical (unpaired) electrons. The fourth-order valence-electron chi connectivity index (χ4n) is 4.05. The fourth-order valence-corrected chi connectivity index (χ4v) is 4.26. The van der Waals surface area contributed by atoms with Gasteiger partial charge in [0.15, 0.2) is 0 Å². The molecule has 7 nitrogen and oxygen atoms in total. The second-order valence-corrected chi connectivity index (χ2v) is 9.28. The first-order valence-corrected chi connectivity index (χ1v) is 11.9. The van der Waals surface area contributed by atoms with Crippen molar-refractivity contribution in [3.63, 3.8) is 0 Å². The van der Waals surface area contributed by atoms with Gasteiger partial charge in [0.2, 0.25) is 0 Å². The zero-order valence-corrected chi connectivity index (χ0v) is 21.0. The largest absolute Gasteiger partial charge is 0.507 e. The summed E-state index contributed by atoms with van der Waals surface area (Å²) in [5.41, 5.74) is 1.36. The number of hydrogen-bond acceptors (Lipinski definition) is 6. The topological polar surface area (TPSA) is 89.0 Å². The summed E-state index contributed by atoms with van der Waals surface area (Å²) in [5, 5.41) is 11.6. The lowest BCUT2D eigenvalue weighted by Gasteiger charge is -2.25. The Morgan fingerprint density at radius 3 is 2.58 bits per heavy atom. The highest BCUT2D eigenvalue weighted by molar-refractivity contribution is 6.47. The number of aliphatic hydroxyl groups excluding tert-OH is 1. The van der Waals surface area contributed by atoms with Crippen molar-refractivity contribution in [2.45, 2.75) is 26.4 Å². The number of Topliss-reactive ketones (excluding diaryl/α,β-unsaturated/α-hetero) is 1. The quantitative estimate of drug-likeness (QED) is 0.250. The first-order chi connectivity index (χ1) is 17.3. The van der Waals surface area contributed by atoms with Crippen LogP contribution in [0.3, 0.4) is 0 Å². The molecule has 0 aliphatic carbocycles. The maximum absolute atomic E-state index is 13.3. The molecular formula is C28H27ClN2O5.